The van der Waals surface area contributed by atoms with Crippen LogP contribution in [-0.2, 0) is 13.0 Å². The van der Waals surface area contributed by atoms with Crippen LogP contribution in [-0.4, -0.2) is 57.8 Å². The average molecular weight is 538 g/mol. The van der Waals surface area contributed by atoms with Gasteiger partial charge in [0.25, 0.3) is 5.91 Å². The van der Waals surface area contributed by atoms with Crippen molar-refractivity contribution in [2.45, 2.75) is 50.2 Å². The van der Waals surface area contributed by atoms with Gasteiger partial charge in [-0.1, -0.05) is 24.4 Å². The number of nitrogens with two attached hydrogens (primary N) is 2. The number of nitrogens with zero attached hydrogens (tertiary/aromatic N) is 2. The summed E-state index contributed by atoms with van der Waals surface area (Å²) in [6, 6.07) is 6.72. The number of rotatable bonds is 6. The topological polar surface area (TPSA) is 130 Å². The number of hydrogen-bond donors (Lipinski definition) is 4. The highest BCUT2D eigenvalue weighted by atomic mass is 35.5. The Kier molecular flexibility index (Phi) is 7.85. The lowest BCUT2D eigenvalue weighted by Gasteiger charge is -2.39. The van der Waals surface area contributed by atoms with E-state index in [1.165, 1.54) is 11.3 Å². The summed E-state index contributed by atoms with van der Waals surface area (Å²) in [5, 5.41) is 4.95. The minimum Gasteiger partial charge on any atom is -0.351 e. The Labute approximate surface area is 219 Å². The first-order valence-corrected chi connectivity index (χ1v) is 12.9. The minimum absolute atomic E-state index is 0. The quantitative estimate of drug-likeness (QED) is 0.357. The Hall–Kier alpha value is -2.01. The molecular formula is C24H30Cl2N6O2S. The predicted molar refractivity (Wildman–Crippen MR) is 142 cm³/mol. The number of amides is 1. The maximum atomic E-state index is 13.7. The molecule has 2 aromatic heterocycles. The number of H-pyrrole nitrogens is 1. The summed E-state index contributed by atoms with van der Waals surface area (Å²) >= 11 is 7.51. The molecule has 3 aromatic rings. The minimum atomic E-state index is -1.18. The summed E-state index contributed by atoms with van der Waals surface area (Å²) in [6.07, 6.45) is 3.72. The molecule has 0 saturated heterocycles. The fourth-order valence-electron chi connectivity index (χ4n) is 5.05. The van der Waals surface area contributed by atoms with E-state index >= 15 is 0 Å². The summed E-state index contributed by atoms with van der Waals surface area (Å²) in [7, 11) is 0. The lowest BCUT2D eigenvalue weighted by Crippen LogP contribution is -2.64. The molecule has 1 fully saturated rings. The van der Waals surface area contributed by atoms with Gasteiger partial charge in [-0.3, -0.25) is 14.5 Å². The molecule has 35 heavy (non-hydrogen) atoms. The van der Waals surface area contributed by atoms with Crippen molar-refractivity contribution >= 4 is 57.9 Å². The molecule has 188 valence electrons. The first-order valence-electron chi connectivity index (χ1n) is 11.7. The molecule has 1 saturated carbocycles. The fourth-order valence-corrected chi connectivity index (χ4v) is 6.42. The van der Waals surface area contributed by atoms with E-state index in [1.807, 2.05) is 6.07 Å². The van der Waals surface area contributed by atoms with Crippen molar-refractivity contribution < 1.29 is 9.59 Å². The van der Waals surface area contributed by atoms with E-state index < -0.39 is 11.6 Å². The van der Waals surface area contributed by atoms with E-state index in [9.17, 15) is 9.59 Å². The molecule has 2 aliphatic rings. The van der Waals surface area contributed by atoms with Gasteiger partial charge < -0.3 is 21.8 Å². The van der Waals surface area contributed by atoms with E-state index in [-0.39, 0.29) is 24.1 Å². The maximum absolute atomic E-state index is 13.7. The Morgan fingerprint density at radius 3 is 2.94 bits per heavy atom. The van der Waals surface area contributed by atoms with Crippen molar-refractivity contribution in [1.29, 1.82) is 0 Å². The third-order valence-corrected chi connectivity index (χ3v) is 8.28. The van der Waals surface area contributed by atoms with Crippen LogP contribution in [0.4, 0.5) is 0 Å². The molecule has 2 unspecified atom stereocenters. The van der Waals surface area contributed by atoms with Crippen LogP contribution < -0.4 is 16.8 Å². The van der Waals surface area contributed by atoms with Gasteiger partial charge in [-0.25, -0.2) is 4.98 Å². The number of nitrogens with one attached hydrogen (secondary N) is 2. The van der Waals surface area contributed by atoms with Crippen molar-refractivity contribution in [3.05, 3.63) is 50.6 Å². The first-order chi connectivity index (χ1) is 16.4. The highest BCUT2D eigenvalue weighted by Crippen LogP contribution is 2.33. The lowest BCUT2D eigenvalue weighted by molar-refractivity contribution is 0.0757. The highest BCUT2D eigenvalue weighted by molar-refractivity contribution is 7.13. The van der Waals surface area contributed by atoms with Crippen LogP contribution in [0, 0.1) is 0 Å². The number of ketones is 1. The molecule has 8 nitrogen and oxygen atoms in total. The molecule has 5 rings (SSSR count). The monoisotopic (exact) mass is 536 g/mol. The second-order valence-electron chi connectivity index (χ2n) is 9.26. The Morgan fingerprint density at radius 1 is 1.31 bits per heavy atom. The summed E-state index contributed by atoms with van der Waals surface area (Å²) in [4.78, 5) is 38.0. The standard InChI is InChI=1S/C24H29ClN6O2S.ClH/c25-15-4-5-16-14(11-15)12-18(28-16)22(33)30-20-3-1-2-7-24(20,27)21(32)23-29-17-6-9-31(10-8-26)13-19(17)34-23;/h4-5,11-12,20,28H,1-3,6-10,13,26-27H2,(H,30,33);1H. The van der Waals surface area contributed by atoms with E-state index in [1.54, 1.807) is 18.2 Å². The van der Waals surface area contributed by atoms with E-state index in [2.05, 4.69) is 20.2 Å². The zero-order chi connectivity index (χ0) is 23.9. The maximum Gasteiger partial charge on any atom is 0.268 e. The average Bonchev–Trinajstić information content (AvgIpc) is 3.44. The van der Waals surface area contributed by atoms with Crippen LogP contribution in [0.15, 0.2) is 24.3 Å². The normalized spacial score (nSPS) is 22.4. The summed E-state index contributed by atoms with van der Waals surface area (Å²) < 4.78 is 0. The first kappa shape index (κ1) is 26.1. The molecule has 11 heteroatoms. The molecule has 1 aromatic carbocycles. The summed E-state index contributed by atoms with van der Waals surface area (Å²) in [6.45, 7) is 3.09. The van der Waals surface area contributed by atoms with E-state index in [0.29, 0.717) is 35.1 Å². The Morgan fingerprint density at radius 2 is 2.14 bits per heavy atom. The van der Waals surface area contributed by atoms with Crippen molar-refractivity contribution in [3.8, 4) is 0 Å². The second-order valence-corrected chi connectivity index (χ2v) is 10.8. The van der Waals surface area contributed by atoms with Gasteiger partial charge in [-0.05, 0) is 37.1 Å². The molecule has 3 heterocycles. The second kappa shape index (κ2) is 10.5. The number of Topliss-reactive ketones (excluding diaryl/α,β-unsaturated/α-hetero) is 1. The molecule has 1 amide bonds. The van der Waals surface area contributed by atoms with Gasteiger partial charge in [0.2, 0.25) is 5.78 Å². The van der Waals surface area contributed by atoms with Gasteiger partial charge in [-0.15, -0.1) is 23.7 Å². The van der Waals surface area contributed by atoms with Crippen LogP contribution in [0.25, 0.3) is 10.9 Å². The van der Waals surface area contributed by atoms with Crippen LogP contribution >= 0.6 is 35.3 Å². The number of carbonyl (C=O) groups excluding carboxylic acids is 2. The van der Waals surface area contributed by atoms with Gasteiger partial charge in [-0.2, -0.15) is 0 Å². The molecule has 6 N–H and O–H groups in total. The molecule has 1 aliphatic heterocycles. The number of fused-ring (bicyclic) bond motifs is 2. The number of aromatic nitrogens is 2. The van der Waals surface area contributed by atoms with Gasteiger partial charge in [0.1, 0.15) is 11.2 Å². The van der Waals surface area contributed by atoms with Crippen molar-refractivity contribution in [1.82, 2.24) is 20.2 Å². The Bertz CT molecular complexity index is 1240. The number of carbonyl (C=O) groups is 2. The van der Waals surface area contributed by atoms with Gasteiger partial charge in [0.15, 0.2) is 5.01 Å². The fraction of sp³-hybridized carbons (Fsp3) is 0.458. The number of hydrogen-bond acceptors (Lipinski definition) is 7. The Balaban J connectivity index is 0.00000289. The lowest BCUT2D eigenvalue weighted by atomic mass is 9.75. The smallest absolute Gasteiger partial charge is 0.268 e. The third-order valence-electron chi connectivity index (χ3n) is 6.96. The molecule has 0 spiro atoms. The van der Waals surface area contributed by atoms with Crippen LogP contribution in [0.2, 0.25) is 5.02 Å². The van der Waals surface area contributed by atoms with Gasteiger partial charge in [0, 0.05) is 53.4 Å². The molecule has 1 aliphatic carbocycles. The molecule has 2 atom stereocenters. The number of benzene rings is 1. The zero-order valence-electron chi connectivity index (χ0n) is 19.3. The van der Waals surface area contributed by atoms with Crippen LogP contribution in [0.1, 0.15) is 56.5 Å². The number of thiazole rings is 1. The van der Waals surface area contributed by atoms with E-state index in [0.717, 1.165) is 60.4 Å². The highest BCUT2D eigenvalue weighted by Gasteiger charge is 2.46. The largest absolute Gasteiger partial charge is 0.351 e. The summed E-state index contributed by atoms with van der Waals surface area (Å²) in [5.41, 5.74) is 13.5. The summed E-state index contributed by atoms with van der Waals surface area (Å²) in [5.74, 6) is -0.455. The van der Waals surface area contributed by atoms with E-state index in [4.69, 9.17) is 23.1 Å². The zero-order valence-corrected chi connectivity index (χ0v) is 21.7. The number of halogens is 2. The number of aromatic amines is 1. The molecular weight excluding hydrogens is 507 g/mol. The van der Waals surface area contributed by atoms with Crippen molar-refractivity contribution in [2.75, 3.05) is 19.6 Å². The van der Waals surface area contributed by atoms with Crippen molar-refractivity contribution in [2.24, 2.45) is 11.5 Å². The predicted octanol–water partition coefficient (Wildman–Crippen LogP) is 3.27. The van der Waals surface area contributed by atoms with Gasteiger partial charge in [0.05, 0.1) is 11.7 Å². The molecule has 0 bridgehead atoms. The van der Waals surface area contributed by atoms with Crippen molar-refractivity contribution in [3.63, 3.8) is 0 Å². The van der Waals surface area contributed by atoms with Crippen LogP contribution in [0.3, 0.4) is 0 Å². The SMILES string of the molecule is Cl.NCCN1CCc2nc(C(=O)C3(N)CCCCC3NC(=O)c3cc4cc(Cl)ccc4[nH]3)sc2C1. The van der Waals surface area contributed by atoms with Crippen LogP contribution in [0.5, 0.6) is 0 Å². The molecule has 0 radical (unpaired) electrons. The van der Waals surface area contributed by atoms with Gasteiger partial charge >= 0.3 is 0 Å². The third kappa shape index (κ3) is 5.12.